The molecular weight excluding hydrogens is 232 g/mol. The first kappa shape index (κ1) is 11.8. The summed E-state index contributed by atoms with van der Waals surface area (Å²) in [5, 5.41) is 16.2. The van der Waals surface area contributed by atoms with E-state index in [0.29, 0.717) is 12.1 Å². The second-order valence-corrected chi connectivity index (χ2v) is 3.60. The van der Waals surface area contributed by atoms with Gasteiger partial charge in [-0.3, -0.25) is 0 Å². The fourth-order valence-corrected chi connectivity index (χ4v) is 1.45. The molecule has 0 unspecified atom stereocenters. The zero-order valence-electron chi connectivity index (χ0n) is 9.70. The number of methoxy groups -OCH3 is 1. The zero-order valence-corrected chi connectivity index (χ0v) is 9.70. The summed E-state index contributed by atoms with van der Waals surface area (Å²) in [4.78, 5) is 11.2. The number of carbonyl (C=O) groups excluding carboxylic acids is 1. The largest absolute Gasteiger partial charge is 0.464 e. The molecular formula is C12H10N4O2. The van der Waals surface area contributed by atoms with Gasteiger partial charge in [-0.25, -0.2) is 9.48 Å². The van der Waals surface area contributed by atoms with E-state index in [1.165, 1.54) is 18.0 Å². The van der Waals surface area contributed by atoms with Gasteiger partial charge in [0.25, 0.3) is 0 Å². The standard InChI is InChI=1S/C12H10N4O2/c1-18-12(17)11-8-16(15-14-11)7-10-4-2-9(6-13)3-5-10/h2-5,8H,7H2,1H3. The van der Waals surface area contributed by atoms with Gasteiger partial charge < -0.3 is 4.74 Å². The quantitative estimate of drug-likeness (QED) is 0.749. The van der Waals surface area contributed by atoms with Gasteiger partial charge in [0.1, 0.15) is 0 Å². The molecule has 90 valence electrons. The minimum absolute atomic E-state index is 0.172. The Bertz CT molecular complexity index is 595. The Hall–Kier alpha value is -2.68. The molecule has 1 aromatic heterocycles. The highest BCUT2D eigenvalue weighted by molar-refractivity contribution is 5.86. The lowest BCUT2D eigenvalue weighted by Crippen LogP contribution is -2.01. The maximum absolute atomic E-state index is 11.2. The molecule has 0 saturated carbocycles. The van der Waals surface area contributed by atoms with Crippen molar-refractivity contribution in [2.75, 3.05) is 7.11 Å². The van der Waals surface area contributed by atoms with Crippen LogP contribution >= 0.6 is 0 Å². The number of carbonyl (C=O) groups is 1. The van der Waals surface area contributed by atoms with Crippen LogP contribution in [0.25, 0.3) is 0 Å². The third kappa shape index (κ3) is 2.52. The van der Waals surface area contributed by atoms with E-state index in [1.807, 2.05) is 18.2 Å². The Morgan fingerprint density at radius 3 is 2.78 bits per heavy atom. The normalized spacial score (nSPS) is 9.78. The Morgan fingerprint density at radius 2 is 2.17 bits per heavy atom. The van der Waals surface area contributed by atoms with Crippen molar-refractivity contribution in [2.45, 2.75) is 6.54 Å². The van der Waals surface area contributed by atoms with Crippen LogP contribution in [0.15, 0.2) is 30.5 Å². The average molecular weight is 242 g/mol. The molecule has 0 aliphatic carbocycles. The molecule has 6 heteroatoms. The minimum atomic E-state index is -0.513. The van der Waals surface area contributed by atoms with E-state index in [1.54, 1.807) is 12.1 Å². The second kappa shape index (κ2) is 5.10. The van der Waals surface area contributed by atoms with Gasteiger partial charge in [0.15, 0.2) is 5.69 Å². The van der Waals surface area contributed by atoms with Crippen molar-refractivity contribution in [3.63, 3.8) is 0 Å². The van der Waals surface area contributed by atoms with Crippen molar-refractivity contribution in [1.82, 2.24) is 15.0 Å². The van der Waals surface area contributed by atoms with Crippen molar-refractivity contribution in [3.05, 3.63) is 47.3 Å². The lowest BCUT2D eigenvalue weighted by molar-refractivity contribution is 0.0594. The SMILES string of the molecule is COC(=O)c1cn(Cc2ccc(C#N)cc2)nn1. The number of esters is 1. The van der Waals surface area contributed by atoms with E-state index < -0.39 is 5.97 Å². The number of benzene rings is 1. The van der Waals surface area contributed by atoms with Crippen LogP contribution < -0.4 is 0 Å². The molecule has 6 nitrogen and oxygen atoms in total. The summed E-state index contributed by atoms with van der Waals surface area (Å²) in [6.07, 6.45) is 1.52. The molecule has 2 aromatic rings. The molecule has 1 aromatic carbocycles. The summed E-state index contributed by atoms with van der Waals surface area (Å²) in [5.41, 5.74) is 1.74. The summed E-state index contributed by atoms with van der Waals surface area (Å²) in [7, 11) is 1.29. The topological polar surface area (TPSA) is 80.8 Å². The van der Waals surface area contributed by atoms with Gasteiger partial charge in [0.05, 0.1) is 31.5 Å². The Kier molecular flexibility index (Phi) is 3.34. The molecule has 2 rings (SSSR count). The van der Waals surface area contributed by atoms with E-state index in [4.69, 9.17) is 5.26 Å². The lowest BCUT2D eigenvalue weighted by Gasteiger charge is -2.00. The summed E-state index contributed by atoms with van der Waals surface area (Å²) in [6.45, 7) is 0.482. The second-order valence-electron chi connectivity index (χ2n) is 3.60. The first-order valence-electron chi connectivity index (χ1n) is 5.20. The molecule has 1 heterocycles. The molecule has 0 bridgehead atoms. The highest BCUT2D eigenvalue weighted by Crippen LogP contribution is 2.05. The molecule has 0 N–H and O–H groups in total. The van der Waals surface area contributed by atoms with E-state index in [2.05, 4.69) is 15.0 Å². The van der Waals surface area contributed by atoms with Gasteiger partial charge in [-0.15, -0.1) is 5.10 Å². The third-order valence-corrected chi connectivity index (χ3v) is 2.36. The summed E-state index contributed by atoms with van der Waals surface area (Å²) >= 11 is 0. The summed E-state index contributed by atoms with van der Waals surface area (Å²) in [6, 6.07) is 9.17. The first-order chi connectivity index (χ1) is 8.72. The molecule has 0 radical (unpaired) electrons. The number of hydrogen-bond acceptors (Lipinski definition) is 5. The molecule has 0 aliphatic heterocycles. The van der Waals surface area contributed by atoms with Crippen LogP contribution in [0.5, 0.6) is 0 Å². The van der Waals surface area contributed by atoms with E-state index in [0.717, 1.165) is 5.56 Å². The van der Waals surface area contributed by atoms with Gasteiger partial charge in [-0.2, -0.15) is 5.26 Å². The highest BCUT2D eigenvalue weighted by Gasteiger charge is 2.10. The fourth-order valence-electron chi connectivity index (χ4n) is 1.45. The van der Waals surface area contributed by atoms with E-state index in [9.17, 15) is 4.79 Å². The maximum atomic E-state index is 11.2. The molecule has 18 heavy (non-hydrogen) atoms. The Morgan fingerprint density at radius 1 is 1.44 bits per heavy atom. The van der Waals surface area contributed by atoms with Crippen molar-refractivity contribution in [3.8, 4) is 6.07 Å². The number of ether oxygens (including phenoxy) is 1. The predicted molar refractivity (Wildman–Crippen MR) is 61.6 cm³/mol. The minimum Gasteiger partial charge on any atom is -0.464 e. The summed E-state index contributed by atoms with van der Waals surface area (Å²) < 4.78 is 6.07. The van der Waals surface area contributed by atoms with Crippen molar-refractivity contribution < 1.29 is 9.53 Å². The summed E-state index contributed by atoms with van der Waals surface area (Å²) in [5.74, 6) is -0.513. The smallest absolute Gasteiger partial charge is 0.360 e. The van der Waals surface area contributed by atoms with Crippen molar-refractivity contribution in [1.29, 1.82) is 5.26 Å². The Balaban J connectivity index is 2.11. The predicted octanol–water partition coefficient (Wildman–Crippen LogP) is 0.985. The number of hydrogen-bond donors (Lipinski definition) is 0. The first-order valence-corrected chi connectivity index (χ1v) is 5.20. The van der Waals surface area contributed by atoms with Gasteiger partial charge in [0, 0.05) is 0 Å². The molecule has 0 amide bonds. The monoisotopic (exact) mass is 242 g/mol. The Labute approximate surface area is 103 Å². The van der Waals surface area contributed by atoms with Crippen molar-refractivity contribution in [2.24, 2.45) is 0 Å². The highest BCUT2D eigenvalue weighted by atomic mass is 16.5. The van der Waals surface area contributed by atoms with Gasteiger partial charge in [0.2, 0.25) is 0 Å². The molecule has 0 spiro atoms. The third-order valence-electron chi connectivity index (χ3n) is 2.36. The van der Waals surface area contributed by atoms with E-state index >= 15 is 0 Å². The zero-order chi connectivity index (χ0) is 13.0. The fraction of sp³-hybridized carbons (Fsp3) is 0.167. The van der Waals surface area contributed by atoms with Crippen LogP contribution in [0.1, 0.15) is 21.6 Å². The number of aromatic nitrogens is 3. The molecule has 0 fully saturated rings. The van der Waals surface area contributed by atoms with Crippen LogP contribution in [0, 0.1) is 11.3 Å². The van der Waals surface area contributed by atoms with Gasteiger partial charge in [-0.05, 0) is 17.7 Å². The van der Waals surface area contributed by atoms with E-state index in [-0.39, 0.29) is 5.69 Å². The molecule has 0 aliphatic rings. The van der Waals surface area contributed by atoms with Crippen LogP contribution in [-0.2, 0) is 11.3 Å². The van der Waals surface area contributed by atoms with Crippen LogP contribution in [0.2, 0.25) is 0 Å². The number of nitrogens with zero attached hydrogens (tertiary/aromatic N) is 4. The van der Waals surface area contributed by atoms with Gasteiger partial charge in [-0.1, -0.05) is 17.3 Å². The van der Waals surface area contributed by atoms with Crippen LogP contribution in [0.3, 0.4) is 0 Å². The number of rotatable bonds is 3. The maximum Gasteiger partial charge on any atom is 0.360 e. The molecule has 0 saturated heterocycles. The van der Waals surface area contributed by atoms with Crippen molar-refractivity contribution >= 4 is 5.97 Å². The molecule has 0 atom stereocenters. The lowest BCUT2D eigenvalue weighted by atomic mass is 10.1. The van der Waals surface area contributed by atoms with Crippen LogP contribution in [0.4, 0.5) is 0 Å². The van der Waals surface area contributed by atoms with Crippen LogP contribution in [-0.4, -0.2) is 28.1 Å². The van der Waals surface area contributed by atoms with Gasteiger partial charge >= 0.3 is 5.97 Å². The average Bonchev–Trinajstić information content (AvgIpc) is 2.87. The number of nitriles is 1.